The van der Waals surface area contributed by atoms with E-state index in [1.54, 1.807) is 31.4 Å². The van der Waals surface area contributed by atoms with Gasteiger partial charge in [0, 0.05) is 24.4 Å². The highest BCUT2D eigenvalue weighted by molar-refractivity contribution is 8.00. The van der Waals surface area contributed by atoms with Crippen LogP contribution >= 0.6 is 11.8 Å². The molecule has 0 aliphatic carbocycles. The maximum atomic E-state index is 12.1. The van der Waals surface area contributed by atoms with Gasteiger partial charge in [-0.05, 0) is 36.4 Å². The quantitative estimate of drug-likeness (QED) is 0.268. The second-order valence-corrected chi connectivity index (χ2v) is 6.52. The Balaban J connectivity index is 1.93. The van der Waals surface area contributed by atoms with E-state index in [1.165, 1.54) is 12.1 Å². The Morgan fingerprint density at radius 2 is 1.89 bits per heavy atom. The molecular formula is C18H19N3O6S. The molecule has 0 aliphatic heterocycles. The van der Waals surface area contributed by atoms with Crippen molar-refractivity contribution in [3.05, 3.63) is 58.1 Å². The van der Waals surface area contributed by atoms with Crippen LogP contribution in [0.25, 0.3) is 0 Å². The van der Waals surface area contributed by atoms with Crippen LogP contribution in [0, 0.1) is 10.1 Å². The molecule has 0 heterocycles. The molecule has 28 heavy (non-hydrogen) atoms. The zero-order chi connectivity index (χ0) is 20.5. The Hall–Kier alpha value is -3.11. The van der Waals surface area contributed by atoms with Gasteiger partial charge in [0.2, 0.25) is 11.8 Å². The van der Waals surface area contributed by atoms with Gasteiger partial charge in [0.15, 0.2) is 0 Å². The van der Waals surface area contributed by atoms with Crippen molar-refractivity contribution in [2.45, 2.75) is 4.90 Å². The van der Waals surface area contributed by atoms with Crippen LogP contribution < -0.4 is 15.8 Å². The maximum absolute atomic E-state index is 12.1. The number of nitrogens with zero attached hydrogens (tertiary/aromatic N) is 1. The number of rotatable bonds is 10. The first-order chi connectivity index (χ1) is 13.4. The van der Waals surface area contributed by atoms with Gasteiger partial charge in [-0.15, -0.1) is 11.8 Å². The molecule has 0 aliphatic rings. The Labute approximate surface area is 165 Å². The zero-order valence-electron chi connectivity index (χ0n) is 15.0. The molecule has 10 heteroatoms. The number of nitro groups is 1. The summed E-state index contributed by atoms with van der Waals surface area (Å²) in [4.78, 5) is 34.1. The van der Waals surface area contributed by atoms with Gasteiger partial charge in [-0.2, -0.15) is 0 Å². The summed E-state index contributed by atoms with van der Waals surface area (Å²) in [5, 5.41) is 13.9. The Kier molecular flexibility index (Phi) is 7.78. The maximum Gasteiger partial charge on any atom is 0.283 e. The van der Waals surface area contributed by atoms with Crippen molar-refractivity contribution in [3.8, 4) is 5.75 Å². The first-order valence-electron chi connectivity index (χ1n) is 8.13. The lowest BCUT2D eigenvalue weighted by atomic mass is 10.2. The van der Waals surface area contributed by atoms with Gasteiger partial charge >= 0.3 is 0 Å². The molecule has 0 saturated carbocycles. The number of nitrogens with one attached hydrogen (secondary N) is 1. The summed E-state index contributed by atoms with van der Waals surface area (Å²) < 4.78 is 10.3. The molecule has 0 aromatic heterocycles. The standard InChI is InChI=1S/C18H19N3O6S/c1-26-8-9-27-14-5-3-13(4-6-14)20-17(22)11-28-16-7-2-12(18(19)23)10-15(16)21(24)25/h2-7,10H,8-9,11H2,1H3,(H2,19,23)(H,20,22). The number of nitro benzene ring substituents is 1. The van der Waals surface area contributed by atoms with E-state index in [0.717, 1.165) is 17.8 Å². The van der Waals surface area contributed by atoms with E-state index in [-0.39, 0.29) is 27.8 Å². The van der Waals surface area contributed by atoms with Crippen molar-refractivity contribution >= 4 is 35.0 Å². The fraction of sp³-hybridized carbons (Fsp3) is 0.222. The van der Waals surface area contributed by atoms with Gasteiger partial charge in [-0.3, -0.25) is 19.7 Å². The van der Waals surface area contributed by atoms with Gasteiger partial charge in [-0.25, -0.2) is 0 Å². The third-order valence-electron chi connectivity index (χ3n) is 3.49. The largest absolute Gasteiger partial charge is 0.491 e. The van der Waals surface area contributed by atoms with Crippen LogP contribution in [0.1, 0.15) is 10.4 Å². The van der Waals surface area contributed by atoms with E-state index in [9.17, 15) is 19.7 Å². The van der Waals surface area contributed by atoms with E-state index in [4.69, 9.17) is 15.2 Å². The van der Waals surface area contributed by atoms with Gasteiger partial charge < -0.3 is 20.5 Å². The smallest absolute Gasteiger partial charge is 0.283 e. The second kappa shape index (κ2) is 10.3. The lowest BCUT2D eigenvalue weighted by Crippen LogP contribution is -2.14. The molecule has 0 saturated heterocycles. The first-order valence-corrected chi connectivity index (χ1v) is 9.12. The van der Waals surface area contributed by atoms with Crippen LogP contribution in [0.4, 0.5) is 11.4 Å². The third-order valence-corrected chi connectivity index (χ3v) is 4.56. The number of nitrogens with two attached hydrogens (primary N) is 1. The van der Waals surface area contributed by atoms with Gasteiger partial charge in [-0.1, -0.05) is 0 Å². The first kappa shape index (κ1) is 21.2. The fourth-order valence-electron chi connectivity index (χ4n) is 2.15. The summed E-state index contributed by atoms with van der Waals surface area (Å²) in [5.74, 6) is -0.476. The van der Waals surface area contributed by atoms with Crippen molar-refractivity contribution in [2.75, 3.05) is 31.4 Å². The number of anilines is 1. The molecule has 0 radical (unpaired) electrons. The van der Waals surface area contributed by atoms with Crippen molar-refractivity contribution in [3.63, 3.8) is 0 Å². The topological polar surface area (TPSA) is 134 Å². The number of ether oxygens (including phenoxy) is 2. The molecule has 9 nitrogen and oxygen atoms in total. The van der Waals surface area contributed by atoms with Gasteiger partial charge in [0.25, 0.3) is 5.69 Å². The Morgan fingerprint density at radius 3 is 2.50 bits per heavy atom. The fourth-order valence-corrected chi connectivity index (χ4v) is 2.96. The van der Waals surface area contributed by atoms with Crippen molar-refractivity contribution in [1.82, 2.24) is 0 Å². The number of primary amides is 1. The molecule has 0 bridgehead atoms. The Morgan fingerprint density at radius 1 is 1.18 bits per heavy atom. The average molecular weight is 405 g/mol. The van der Waals surface area contributed by atoms with Crippen molar-refractivity contribution < 1.29 is 24.0 Å². The van der Waals surface area contributed by atoms with Crippen LogP contribution in [0.2, 0.25) is 0 Å². The number of carbonyl (C=O) groups is 2. The minimum absolute atomic E-state index is 0.0355. The molecule has 2 rings (SSSR count). The van der Waals surface area contributed by atoms with Gasteiger partial charge in [0.1, 0.15) is 12.4 Å². The van der Waals surface area contributed by atoms with Crippen LogP contribution in [-0.4, -0.2) is 42.8 Å². The molecule has 0 spiro atoms. The van der Waals surface area contributed by atoms with Crippen LogP contribution in [0.5, 0.6) is 5.75 Å². The lowest BCUT2D eigenvalue weighted by Gasteiger charge is -2.08. The molecule has 2 aromatic carbocycles. The molecule has 0 fully saturated rings. The molecular weight excluding hydrogens is 386 g/mol. The summed E-state index contributed by atoms with van der Waals surface area (Å²) in [6.07, 6.45) is 0. The molecule has 2 amide bonds. The number of methoxy groups -OCH3 is 1. The molecule has 0 unspecified atom stereocenters. The van der Waals surface area contributed by atoms with Crippen LogP contribution in [-0.2, 0) is 9.53 Å². The number of hydrogen-bond acceptors (Lipinski definition) is 7. The summed E-state index contributed by atoms with van der Waals surface area (Å²) in [6, 6.07) is 10.7. The summed E-state index contributed by atoms with van der Waals surface area (Å²) >= 11 is 0.995. The lowest BCUT2D eigenvalue weighted by molar-refractivity contribution is -0.387. The normalized spacial score (nSPS) is 10.3. The highest BCUT2D eigenvalue weighted by Crippen LogP contribution is 2.30. The summed E-state index contributed by atoms with van der Waals surface area (Å²) in [5.41, 5.74) is 5.47. The number of carbonyl (C=O) groups excluding carboxylic acids is 2. The number of amides is 2. The van der Waals surface area contributed by atoms with E-state index in [0.29, 0.717) is 24.7 Å². The predicted octanol–water partition coefficient (Wildman–Crippen LogP) is 2.45. The number of thioether (sulfide) groups is 1. The van der Waals surface area contributed by atoms with E-state index >= 15 is 0 Å². The minimum Gasteiger partial charge on any atom is -0.491 e. The van der Waals surface area contributed by atoms with E-state index < -0.39 is 10.8 Å². The molecule has 3 N–H and O–H groups in total. The summed E-state index contributed by atoms with van der Waals surface area (Å²) in [7, 11) is 1.58. The summed E-state index contributed by atoms with van der Waals surface area (Å²) in [6.45, 7) is 0.897. The minimum atomic E-state index is -0.757. The molecule has 0 atom stereocenters. The van der Waals surface area contributed by atoms with Crippen molar-refractivity contribution in [1.29, 1.82) is 0 Å². The van der Waals surface area contributed by atoms with Crippen LogP contribution in [0.15, 0.2) is 47.4 Å². The predicted molar refractivity (Wildman–Crippen MR) is 105 cm³/mol. The van der Waals surface area contributed by atoms with E-state index in [1.807, 2.05) is 0 Å². The zero-order valence-corrected chi connectivity index (χ0v) is 15.9. The average Bonchev–Trinajstić information content (AvgIpc) is 2.67. The number of hydrogen-bond donors (Lipinski definition) is 2. The molecule has 2 aromatic rings. The SMILES string of the molecule is COCCOc1ccc(NC(=O)CSc2ccc(C(N)=O)cc2[N+](=O)[O-])cc1. The van der Waals surface area contributed by atoms with Crippen molar-refractivity contribution in [2.24, 2.45) is 5.73 Å². The number of benzene rings is 2. The highest BCUT2D eigenvalue weighted by atomic mass is 32.2. The molecule has 148 valence electrons. The highest BCUT2D eigenvalue weighted by Gasteiger charge is 2.18. The van der Waals surface area contributed by atoms with Crippen LogP contribution in [0.3, 0.4) is 0 Å². The van der Waals surface area contributed by atoms with E-state index in [2.05, 4.69) is 5.32 Å². The third kappa shape index (κ3) is 6.25. The Bertz CT molecular complexity index is 857. The second-order valence-electron chi connectivity index (χ2n) is 5.51. The van der Waals surface area contributed by atoms with Gasteiger partial charge in [0.05, 0.1) is 22.2 Å². The monoisotopic (exact) mass is 405 g/mol.